The molecule has 4 unspecified atom stereocenters. The maximum atomic E-state index is 2.31. The van der Waals surface area contributed by atoms with Gasteiger partial charge in [0, 0.05) is 30.8 Å². The first-order valence-electron chi connectivity index (χ1n) is 7.28. The van der Waals surface area contributed by atoms with Crippen LogP contribution >= 0.6 is 46.2 Å². The van der Waals surface area contributed by atoms with Crippen LogP contribution in [0.1, 0.15) is 25.7 Å². The highest BCUT2D eigenvalue weighted by molar-refractivity contribution is 8.08. The minimum absolute atomic E-state index is 1.06. The highest BCUT2D eigenvalue weighted by Gasteiger charge is 2.46. The third-order valence-electron chi connectivity index (χ3n) is 4.29. The molecule has 0 N–H and O–H groups in total. The Hall–Kier alpha value is 0.1000. The third-order valence-corrected chi connectivity index (χ3v) is 10.2. The van der Waals surface area contributed by atoms with Gasteiger partial charge in [-0.1, -0.05) is 12.1 Å². The Kier molecular flexibility index (Phi) is 4.17. The highest BCUT2D eigenvalue weighted by atomic mass is 32.2. The molecule has 5 heterocycles. The zero-order valence-electron chi connectivity index (χ0n) is 11.2. The van der Waals surface area contributed by atoms with Crippen LogP contribution in [-0.4, -0.2) is 21.0 Å². The first-order chi connectivity index (χ1) is 9.90. The lowest BCUT2D eigenvalue weighted by Gasteiger charge is -2.25. The van der Waals surface area contributed by atoms with Gasteiger partial charge >= 0.3 is 0 Å². The van der Waals surface area contributed by atoms with Gasteiger partial charge in [0.1, 0.15) is 0 Å². The van der Waals surface area contributed by atoms with Crippen LogP contribution in [0.25, 0.3) is 9.75 Å². The highest BCUT2D eigenvalue weighted by Crippen LogP contribution is 2.56. The number of rotatable bonds is 1. The van der Waals surface area contributed by atoms with Crippen LogP contribution in [0.4, 0.5) is 0 Å². The number of hydrogen-bond donors (Lipinski definition) is 0. The first-order valence-corrected chi connectivity index (χ1v) is 10.9. The molecule has 4 heteroatoms. The SMILES string of the molecule is C1CC2SC1C1CCC2S1.c1csc(-c2cccs2)c1. The van der Waals surface area contributed by atoms with Crippen LogP contribution in [0.15, 0.2) is 35.0 Å². The summed E-state index contributed by atoms with van der Waals surface area (Å²) in [5.74, 6) is 0. The van der Waals surface area contributed by atoms with Gasteiger partial charge < -0.3 is 0 Å². The molecule has 0 amide bonds. The van der Waals surface area contributed by atoms with E-state index in [0.717, 1.165) is 21.0 Å². The molecule has 0 nitrogen and oxygen atoms in total. The molecule has 3 aliphatic rings. The molecule has 4 atom stereocenters. The van der Waals surface area contributed by atoms with Crippen LogP contribution < -0.4 is 0 Å². The molecule has 20 heavy (non-hydrogen) atoms. The Bertz CT molecular complexity index is 465. The van der Waals surface area contributed by atoms with E-state index in [4.69, 9.17) is 0 Å². The van der Waals surface area contributed by atoms with Crippen molar-refractivity contribution in [2.75, 3.05) is 0 Å². The Balaban J connectivity index is 0.000000106. The maximum Gasteiger partial charge on any atom is 0.0442 e. The summed E-state index contributed by atoms with van der Waals surface area (Å²) >= 11 is 8.20. The van der Waals surface area contributed by atoms with Gasteiger partial charge in [-0.05, 0) is 48.6 Å². The van der Waals surface area contributed by atoms with Gasteiger partial charge in [0.2, 0.25) is 0 Å². The molecular formula is C16H18S4. The zero-order chi connectivity index (χ0) is 13.4. The van der Waals surface area contributed by atoms with Gasteiger partial charge in [0.15, 0.2) is 0 Å². The average Bonchev–Trinajstić information content (AvgIpc) is 3.23. The molecule has 2 aromatic heterocycles. The van der Waals surface area contributed by atoms with Crippen molar-refractivity contribution >= 4 is 46.2 Å². The van der Waals surface area contributed by atoms with Crippen molar-refractivity contribution in [3.05, 3.63) is 35.0 Å². The van der Waals surface area contributed by atoms with Crippen molar-refractivity contribution in [3.8, 4) is 9.75 Å². The minimum Gasteiger partial charge on any atom is -0.153 e. The van der Waals surface area contributed by atoms with Crippen molar-refractivity contribution in [2.45, 2.75) is 46.7 Å². The number of thiophene rings is 2. The molecule has 5 rings (SSSR count). The maximum absolute atomic E-state index is 2.31. The lowest BCUT2D eigenvalue weighted by molar-refractivity contribution is 0.612. The molecule has 0 aliphatic carbocycles. The van der Waals surface area contributed by atoms with Gasteiger partial charge in [0.25, 0.3) is 0 Å². The van der Waals surface area contributed by atoms with E-state index in [2.05, 4.69) is 58.5 Å². The summed E-state index contributed by atoms with van der Waals surface area (Å²) in [7, 11) is 0. The fourth-order valence-electron chi connectivity index (χ4n) is 3.31. The Labute approximate surface area is 137 Å². The molecule has 3 saturated heterocycles. The summed E-state index contributed by atoms with van der Waals surface area (Å²) in [4.78, 5) is 2.74. The summed E-state index contributed by atoms with van der Waals surface area (Å²) < 4.78 is 0. The monoisotopic (exact) mass is 338 g/mol. The number of hydrogen-bond acceptors (Lipinski definition) is 4. The molecule has 2 aromatic rings. The summed E-state index contributed by atoms with van der Waals surface area (Å²) in [6.45, 7) is 0. The number of thioether (sulfide) groups is 2. The van der Waals surface area contributed by atoms with Gasteiger partial charge in [-0.2, -0.15) is 23.5 Å². The van der Waals surface area contributed by atoms with Gasteiger partial charge in [-0.15, -0.1) is 22.7 Å². The normalized spacial score (nSPS) is 33.8. The summed E-state index contributed by atoms with van der Waals surface area (Å²) in [5.41, 5.74) is 0. The molecule has 4 bridgehead atoms. The fraction of sp³-hybridized carbons (Fsp3) is 0.500. The molecule has 0 saturated carbocycles. The fourth-order valence-corrected chi connectivity index (χ4v) is 8.89. The summed E-state index contributed by atoms with van der Waals surface area (Å²) in [6, 6.07) is 8.46. The Morgan fingerprint density at radius 3 is 1.35 bits per heavy atom. The second-order valence-electron chi connectivity index (χ2n) is 5.54. The second-order valence-corrected chi connectivity index (χ2v) is 10.4. The molecule has 3 fully saturated rings. The first kappa shape index (κ1) is 13.7. The van der Waals surface area contributed by atoms with E-state index in [9.17, 15) is 0 Å². The van der Waals surface area contributed by atoms with Crippen LogP contribution in [-0.2, 0) is 0 Å². The second kappa shape index (κ2) is 6.07. The van der Waals surface area contributed by atoms with Crippen molar-refractivity contribution in [1.82, 2.24) is 0 Å². The van der Waals surface area contributed by atoms with E-state index in [1.165, 1.54) is 35.4 Å². The molecule has 0 aromatic carbocycles. The molecule has 0 spiro atoms. The quantitative estimate of drug-likeness (QED) is 0.625. The molecule has 0 radical (unpaired) electrons. The lowest BCUT2D eigenvalue weighted by atomic mass is 10.0. The van der Waals surface area contributed by atoms with Crippen molar-refractivity contribution in [1.29, 1.82) is 0 Å². The van der Waals surface area contributed by atoms with E-state index >= 15 is 0 Å². The van der Waals surface area contributed by atoms with E-state index in [-0.39, 0.29) is 0 Å². The predicted octanol–water partition coefficient (Wildman–Crippen LogP) is 6.01. The predicted molar refractivity (Wildman–Crippen MR) is 96.4 cm³/mol. The van der Waals surface area contributed by atoms with Crippen LogP contribution in [0, 0.1) is 0 Å². The van der Waals surface area contributed by atoms with E-state index < -0.39 is 0 Å². The standard InChI is InChI=1S/C8H12S2.C8H6S2/c1-2-6-8-4-3-7(10-8)5(1)9-6;1-3-7(9-5-1)8-4-2-6-10-8/h5-8H,1-4H2;1-6H. The smallest absolute Gasteiger partial charge is 0.0442 e. The van der Waals surface area contributed by atoms with Crippen LogP contribution in [0.5, 0.6) is 0 Å². The van der Waals surface area contributed by atoms with Crippen molar-refractivity contribution < 1.29 is 0 Å². The minimum atomic E-state index is 1.06. The topological polar surface area (TPSA) is 0 Å². The number of fused-ring (bicyclic) bond motifs is 6. The van der Waals surface area contributed by atoms with Gasteiger partial charge in [0.05, 0.1) is 0 Å². The molecule has 106 valence electrons. The Morgan fingerprint density at radius 1 is 0.650 bits per heavy atom. The van der Waals surface area contributed by atoms with E-state index in [1.54, 1.807) is 22.7 Å². The van der Waals surface area contributed by atoms with E-state index in [1.807, 2.05) is 0 Å². The van der Waals surface area contributed by atoms with E-state index in [0.29, 0.717) is 0 Å². The molecular weight excluding hydrogens is 320 g/mol. The van der Waals surface area contributed by atoms with Crippen molar-refractivity contribution in [3.63, 3.8) is 0 Å². The average molecular weight is 339 g/mol. The lowest BCUT2D eigenvalue weighted by Crippen LogP contribution is -2.20. The third kappa shape index (κ3) is 2.72. The zero-order valence-corrected chi connectivity index (χ0v) is 14.5. The van der Waals surface area contributed by atoms with Crippen molar-refractivity contribution in [2.24, 2.45) is 0 Å². The largest absolute Gasteiger partial charge is 0.153 e. The Morgan fingerprint density at radius 2 is 1.05 bits per heavy atom. The van der Waals surface area contributed by atoms with Gasteiger partial charge in [-0.25, -0.2) is 0 Å². The van der Waals surface area contributed by atoms with Crippen LogP contribution in [0.2, 0.25) is 0 Å². The summed E-state index contributed by atoms with van der Waals surface area (Å²) in [5, 5.41) is 8.47. The van der Waals surface area contributed by atoms with Crippen LogP contribution in [0.3, 0.4) is 0 Å². The summed E-state index contributed by atoms with van der Waals surface area (Å²) in [6.07, 6.45) is 6.12. The molecule has 3 aliphatic heterocycles. The van der Waals surface area contributed by atoms with Gasteiger partial charge in [-0.3, -0.25) is 0 Å².